The van der Waals surface area contributed by atoms with E-state index >= 15 is 0 Å². The molecule has 5 rings (SSSR count). The summed E-state index contributed by atoms with van der Waals surface area (Å²) < 4.78 is 2.27. The van der Waals surface area contributed by atoms with Gasteiger partial charge in [0.1, 0.15) is 0 Å². The van der Waals surface area contributed by atoms with Gasteiger partial charge in [0, 0.05) is 28.7 Å². The number of hydrogen-bond acceptors (Lipinski definition) is 2. The Morgan fingerprint density at radius 1 is 0.846 bits per heavy atom. The minimum atomic E-state index is -0.939. The molecule has 0 bridgehead atoms. The Hall–Kier alpha value is -4.64. The number of hydrogen-bond donors (Lipinski definition) is 2. The van der Waals surface area contributed by atoms with Crippen molar-refractivity contribution in [3.8, 4) is 11.1 Å². The van der Waals surface area contributed by atoms with E-state index in [-0.39, 0.29) is 17.5 Å². The van der Waals surface area contributed by atoms with Crippen molar-refractivity contribution in [3.05, 3.63) is 131 Å². The minimum Gasteiger partial charge on any atom is -0.478 e. The number of carboxylic acid groups (broad SMARTS) is 1. The van der Waals surface area contributed by atoms with Crippen molar-refractivity contribution < 1.29 is 14.7 Å². The van der Waals surface area contributed by atoms with Crippen LogP contribution in [0.3, 0.4) is 0 Å². The molecular formula is C34H32N2O3. The topological polar surface area (TPSA) is 71.3 Å². The van der Waals surface area contributed by atoms with Crippen molar-refractivity contribution in [2.45, 2.75) is 39.8 Å². The highest BCUT2D eigenvalue weighted by molar-refractivity contribution is 5.99. The maximum atomic E-state index is 13.2. The lowest BCUT2D eigenvalue weighted by atomic mass is 9.98. The number of carbonyl (C=O) groups excluding carboxylic acids is 1. The molecule has 2 N–H and O–H groups in total. The fourth-order valence-electron chi connectivity index (χ4n) is 5.27. The van der Waals surface area contributed by atoms with Crippen molar-refractivity contribution >= 4 is 22.8 Å². The molecule has 4 aromatic carbocycles. The van der Waals surface area contributed by atoms with Gasteiger partial charge < -0.3 is 15.0 Å². The van der Waals surface area contributed by atoms with Crippen molar-refractivity contribution in [2.75, 3.05) is 0 Å². The number of benzene rings is 4. The summed E-state index contributed by atoms with van der Waals surface area (Å²) in [4.78, 5) is 24.8. The summed E-state index contributed by atoms with van der Waals surface area (Å²) in [5, 5.41) is 13.7. The molecule has 0 spiro atoms. The lowest BCUT2D eigenvalue weighted by Crippen LogP contribution is -2.28. The first kappa shape index (κ1) is 26.0. The summed E-state index contributed by atoms with van der Waals surface area (Å²) in [7, 11) is 0. The molecule has 0 aliphatic heterocycles. The summed E-state index contributed by atoms with van der Waals surface area (Å²) in [5.41, 5.74) is 8.31. The summed E-state index contributed by atoms with van der Waals surface area (Å²) in [6, 6.07) is 31.1. The average molecular weight is 517 g/mol. The second kappa shape index (κ2) is 11.0. The zero-order valence-electron chi connectivity index (χ0n) is 22.4. The van der Waals surface area contributed by atoms with Crippen molar-refractivity contribution in [3.63, 3.8) is 0 Å². The van der Waals surface area contributed by atoms with Gasteiger partial charge in [-0.15, -0.1) is 0 Å². The van der Waals surface area contributed by atoms with Gasteiger partial charge in [0.2, 0.25) is 0 Å². The first-order valence-corrected chi connectivity index (χ1v) is 13.2. The molecule has 0 saturated carbocycles. The Bertz CT molecular complexity index is 1670. The van der Waals surface area contributed by atoms with Crippen LogP contribution in [0, 0.1) is 13.8 Å². The highest BCUT2D eigenvalue weighted by Gasteiger charge is 2.18. The first-order chi connectivity index (χ1) is 18.9. The van der Waals surface area contributed by atoms with Crippen LogP contribution in [0.1, 0.15) is 62.5 Å². The molecule has 1 amide bonds. The summed E-state index contributed by atoms with van der Waals surface area (Å²) in [5.74, 6) is -1.02. The van der Waals surface area contributed by atoms with E-state index in [1.54, 1.807) is 18.2 Å². The molecule has 196 valence electrons. The maximum absolute atomic E-state index is 13.2. The van der Waals surface area contributed by atoms with Gasteiger partial charge in [0.05, 0.1) is 11.6 Å². The smallest absolute Gasteiger partial charge is 0.335 e. The molecule has 0 aliphatic carbocycles. The molecule has 0 radical (unpaired) electrons. The van der Waals surface area contributed by atoms with Gasteiger partial charge in [0.15, 0.2) is 0 Å². The number of aryl methyl sites for hydroxylation is 1. The SMILES string of the molecule is CC[C@@H](NC(=O)c1ccc2c(c1)c(C)c(C)n2Cc1ccccc1-c1cccc(C(=O)O)c1)c1ccccc1. The van der Waals surface area contributed by atoms with Crippen molar-refractivity contribution in [1.82, 2.24) is 9.88 Å². The third-order valence-corrected chi connectivity index (χ3v) is 7.58. The zero-order valence-corrected chi connectivity index (χ0v) is 22.4. The van der Waals surface area contributed by atoms with E-state index in [1.165, 1.54) is 0 Å². The van der Waals surface area contributed by atoms with E-state index in [2.05, 4.69) is 36.7 Å². The van der Waals surface area contributed by atoms with Crippen LogP contribution in [0.2, 0.25) is 0 Å². The molecule has 0 fully saturated rings. The number of aromatic nitrogens is 1. The molecule has 1 aromatic heterocycles. The largest absolute Gasteiger partial charge is 0.478 e. The molecule has 0 unspecified atom stereocenters. The van der Waals surface area contributed by atoms with E-state index in [9.17, 15) is 14.7 Å². The Balaban J connectivity index is 1.47. The summed E-state index contributed by atoms with van der Waals surface area (Å²) in [6.45, 7) is 6.90. The predicted molar refractivity (Wildman–Crippen MR) is 156 cm³/mol. The number of nitrogens with zero attached hydrogens (tertiary/aromatic N) is 1. The van der Waals surface area contributed by atoms with Crippen molar-refractivity contribution in [1.29, 1.82) is 0 Å². The standard InChI is InChI=1S/C34H32N2O3/c1-4-31(24-11-6-5-7-12-24)35-33(37)26-17-18-32-30(20-26)22(2)23(3)36(32)21-28-13-8-9-16-29(28)25-14-10-15-27(19-25)34(38)39/h5-20,31H,4,21H2,1-3H3,(H,35,37)(H,38,39)/t31-/m1/s1. The van der Waals surface area contributed by atoms with E-state index in [0.29, 0.717) is 12.1 Å². The van der Waals surface area contributed by atoms with Gasteiger partial charge in [-0.25, -0.2) is 4.79 Å². The van der Waals surface area contributed by atoms with Gasteiger partial charge in [-0.3, -0.25) is 4.79 Å². The van der Waals surface area contributed by atoms with E-state index in [4.69, 9.17) is 0 Å². The Kier molecular flexibility index (Phi) is 7.33. The molecule has 0 saturated heterocycles. The maximum Gasteiger partial charge on any atom is 0.335 e. The van der Waals surface area contributed by atoms with E-state index in [1.807, 2.05) is 72.8 Å². The number of amides is 1. The molecule has 1 atom stereocenters. The number of nitrogens with one attached hydrogen (secondary N) is 1. The lowest BCUT2D eigenvalue weighted by Gasteiger charge is -2.17. The van der Waals surface area contributed by atoms with Crippen LogP contribution in [0.5, 0.6) is 0 Å². The monoisotopic (exact) mass is 516 g/mol. The highest BCUT2D eigenvalue weighted by Crippen LogP contribution is 2.31. The zero-order chi connectivity index (χ0) is 27.5. The van der Waals surface area contributed by atoms with Crippen LogP contribution >= 0.6 is 0 Å². The molecule has 5 heteroatoms. The van der Waals surface area contributed by atoms with Crippen LogP contribution in [0.25, 0.3) is 22.0 Å². The highest BCUT2D eigenvalue weighted by atomic mass is 16.4. The minimum absolute atomic E-state index is 0.0436. The van der Waals surface area contributed by atoms with Gasteiger partial charge in [-0.1, -0.05) is 73.7 Å². The van der Waals surface area contributed by atoms with E-state index in [0.717, 1.165) is 50.8 Å². The second-order valence-corrected chi connectivity index (χ2v) is 9.92. The van der Waals surface area contributed by atoms with Crippen molar-refractivity contribution in [2.24, 2.45) is 0 Å². The number of fused-ring (bicyclic) bond motifs is 1. The van der Waals surface area contributed by atoms with Gasteiger partial charge >= 0.3 is 5.97 Å². The third kappa shape index (κ3) is 5.21. The second-order valence-electron chi connectivity index (χ2n) is 9.92. The quantitative estimate of drug-likeness (QED) is 0.224. The fourth-order valence-corrected chi connectivity index (χ4v) is 5.27. The number of aromatic carboxylic acids is 1. The van der Waals surface area contributed by atoms with Crippen LogP contribution in [0.15, 0.2) is 97.1 Å². The first-order valence-electron chi connectivity index (χ1n) is 13.2. The Morgan fingerprint density at radius 2 is 1.59 bits per heavy atom. The van der Waals surface area contributed by atoms with Crippen LogP contribution in [0.4, 0.5) is 0 Å². The number of carbonyl (C=O) groups is 2. The van der Waals surface area contributed by atoms with Crippen LogP contribution in [-0.4, -0.2) is 21.6 Å². The number of carboxylic acids is 1. The predicted octanol–water partition coefficient (Wildman–Crippen LogP) is 7.55. The summed E-state index contributed by atoms with van der Waals surface area (Å²) >= 11 is 0. The molecular weight excluding hydrogens is 484 g/mol. The molecule has 5 aromatic rings. The molecule has 5 nitrogen and oxygen atoms in total. The van der Waals surface area contributed by atoms with E-state index < -0.39 is 5.97 Å². The summed E-state index contributed by atoms with van der Waals surface area (Å²) in [6.07, 6.45) is 0.807. The molecule has 39 heavy (non-hydrogen) atoms. The Labute approximate surface area is 228 Å². The normalized spacial score (nSPS) is 11.9. The lowest BCUT2D eigenvalue weighted by molar-refractivity contribution is 0.0696. The number of rotatable bonds is 8. The molecule has 1 heterocycles. The molecule has 0 aliphatic rings. The van der Waals surface area contributed by atoms with Crippen LogP contribution < -0.4 is 5.32 Å². The third-order valence-electron chi connectivity index (χ3n) is 7.58. The van der Waals surface area contributed by atoms with Gasteiger partial charge in [0.25, 0.3) is 5.91 Å². The van der Waals surface area contributed by atoms with Gasteiger partial charge in [-0.2, -0.15) is 0 Å². The Morgan fingerprint density at radius 3 is 2.33 bits per heavy atom. The fraction of sp³-hybridized carbons (Fsp3) is 0.176. The average Bonchev–Trinajstić information content (AvgIpc) is 3.20. The van der Waals surface area contributed by atoms with Gasteiger partial charge in [-0.05, 0) is 78.4 Å². The van der Waals surface area contributed by atoms with Crippen LogP contribution in [-0.2, 0) is 6.54 Å².